The quantitative estimate of drug-likeness (QED) is 0.367. The summed E-state index contributed by atoms with van der Waals surface area (Å²) in [5.74, 6) is -3.09. The summed E-state index contributed by atoms with van der Waals surface area (Å²) in [6, 6.07) is 0. The second-order valence-electron chi connectivity index (χ2n) is 3.59. The van der Waals surface area contributed by atoms with Crippen molar-refractivity contribution in [2.75, 3.05) is 0 Å². The Labute approximate surface area is 113 Å². The van der Waals surface area contributed by atoms with E-state index in [0.29, 0.717) is 12.2 Å². The van der Waals surface area contributed by atoms with Gasteiger partial charge in [0.15, 0.2) is 0 Å². The van der Waals surface area contributed by atoms with Crippen LogP contribution in [0, 0.1) is 0 Å². The van der Waals surface area contributed by atoms with E-state index in [1.165, 1.54) is 61.8 Å². The molecule has 0 N–H and O–H groups in total. The first kappa shape index (κ1) is 18.7. The van der Waals surface area contributed by atoms with Crippen LogP contribution in [0.5, 0.6) is 0 Å². The van der Waals surface area contributed by atoms with Gasteiger partial charge in [-0.3, -0.25) is 0 Å². The van der Waals surface area contributed by atoms with Gasteiger partial charge in [-0.1, -0.05) is 0 Å². The van der Waals surface area contributed by atoms with Gasteiger partial charge in [-0.2, -0.15) is 0 Å². The van der Waals surface area contributed by atoms with E-state index >= 15 is 0 Å². The van der Waals surface area contributed by atoms with Crippen LogP contribution in [0.4, 0.5) is 0 Å². The maximum Gasteiger partial charge on any atom is 0.0643 e. The molecule has 4 nitrogen and oxygen atoms in total. The molecule has 0 aromatic rings. The molecule has 0 unspecified atom stereocenters. The first-order valence-electron chi connectivity index (χ1n) is 5.93. The van der Waals surface area contributed by atoms with Gasteiger partial charge in [-0.25, -0.2) is 0 Å². The number of hydrogen-bond acceptors (Lipinski definition) is 4. The molecular formula is C12H19O4Zn. The molecule has 0 rings (SSSR count). The molecule has 0 heterocycles. The van der Waals surface area contributed by atoms with E-state index in [-0.39, 0.29) is 0 Å². The van der Waals surface area contributed by atoms with E-state index in [1.54, 1.807) is 0 Å². The predicted molar refractivity (Wildman–Crippen MR) is 57.3 cm³/mol. The van der Waals surface area contributed by atoms with Gasteiger partial charge < -0.3 is 19.8 Å². The molecular weight excluding hydrogens is 274 g/mol. The first-order valence-corrected chi connectivity index (χ1v) is 8.03. The molecule has 0 aliphatic heterocycles. The smallest absolute Gasteiger partial charge is 0.0643 e. The third-order valence-corrected chi connectivity index (χ3v) is 3.01. The number of unbranched alkanes of at least 4 members (excludes halogenated alkanes) is 5. The monoisotopic (exact) mass is 291 g/mol. The van der Waals surface area contributed by atoms with Gasteiger partial charge in [-0.05, 0) is 12.2 Å². The zero-order chi connectivity index (χ0) is 13.5. The van der Waals surface area contributed by atoms with E-state index in [4.69, 9.17) is 0 Å². The largest absolute Gasteiger partial charge is 0.545 e. The van der Waals surface area contributed by atoms with Crippen LogP contribution in [-0.2, 0) is 27.9 Å². The summed E-state index contributed by atoms with van der Waals surface area (Å²) in [7, 11) is 0. The maximum atomic E-state index is 9.41. The van der Waals surface area contributed by atoms with Crippen molar-refractivity contribution in [2.24, 2.45) is 0 Å². The fraction of sp³-hybridized carbons (Fsp3) is 0.667. The molecule has 0 atom stereocenters. The molecule has 0 radical (unpaired) electrons. The summed E-state index contributed by atoms with van der Waals surface area (Å²) in [6.45, 7) is 2.27. The first-order chi connectivity index (χ1) is 8.04. The number of aliphatic carboxylic acids is 2. The third-order valence-electron chi connectivity index (χ3n) is 1.96. The number of carboxylic acids is 2. The number of carboxylic acid groups (broad SMARTS) is 2. The van der Waals surface area contributed by atoms with Crippen LogP contribution in [0.3, 0.4) is 0 Å². The van der Waals surface area contributed by atoms with Crippen LogP contribution in [-0.4, -0.2) is 11.9 Å². The fourth-order valence-electron chi connectivity index (χ4n) is 1.09. The van der Waals surface area contributed by atoms with Gasteiger partial charge in [0.1, 0.15) is 0 Å². The SMILES string of the molecule is CCCCCCC[CH2][Zn+2].O=C([O-])/C=C\C(=O)[O-]. The van der Waals surface area contributed by atoms with Gasteiger partial charge in [0.2, 0.25) is 0 Å². The number of hydrogen-bond donors (Lipinski definition) is 0. The van der Waals surface area contributed by atoms with E-state index in [9.17, 15) is 19.8 Å². The Balaban J connectivity index is 0. The van der Waals surface area contributed by atoms with Gasteiger partial charge in [-0.15, -0.1) is 0 Å². The van der Waals surface area contributed by atoms with Crippen LogP contribution in [0.2, 0.25) is 5.02 Å². The minimum absolute atomic E-state index is 0.384. The second-order valence-corrected chi connectivity index (χ2v) is 5.08. The summed E-state index contributed by atoms with van der Waals surface area (Å²) in [4.78, 5) is 18.8. The summed E-state index contributed by atoms with van der Waals surface area (Å²) < 4.78 is 0. The van der Waals surface area contributed by atoms with E-state index in [1.807, 2.05) is 0 Å². The maximum absolute atomic E-state index is 9.41. The van der Waals surface area contributed by atoms with Crippen molar-refractivity contribution in [3.8, 4) is 0 Å². The molecule has 0 spiro atoms. The molecule has 0 saturated carbocycles. The molecule has 0 bridgehead atoms. The standard InChI is InChI=1S/C8H17.C4H4O4.Zn/c1-3-5-7-8-6-4-2;5-3(6)1-2-4(7)8;/h1,3-8H2,2H3;1-2H,(H,5,6)(H,7,8);/q;;+2/p-2/b;2-1-;. The van der Waals surface area contributed by atoms with E-state index in [0.717, 1.165) is 0 Å². The molecule has 0 fully saturated rings. The Kier molecular flexibility index (Phi) is 16.8. The van der Waals surface area contributed by atoms with Crippen molar-refractivity contribution in [1.29, 1.82) is 0 Å². The number of rotatable bonds is 8. The molecule has 5 heteroatoms. The predicted octanol–water partition coefficient (Wildman–Crippen LogP) is 0.354. The van der Waals surface area contributed by atoms with Gasteiger partial charge >= 0.3 is 68.8 Å². The minimum Gasteiger partial charge on any atom is -0.545 e. The van der Waals surface area contributed by atoms with Gasteiger partial charge in [0, 0.05) is 0 Å². The molecule has 0 aromatic heterocycles. The Morgan fingerprint density at radius 3 is 1.71 bits per heavy atom. The van der Waals surface area contributed by atoms with Crippen molar-refractivity contribution < 1.29 is 38.1 Å². The van der Waals surface area contributed by atoms with E-state index < -0.39 is 11.9 Å². The van der Waals surface area contributed by atoms with Crippen molar-refractivity contribution >= 4 is 11.9 Å². The molecule has 93 valence electrons. The molecule has 0 aliphatic carbocycles. The molecule has 0 amide bonds. The molecule has 0 saturated heterocycles. The van der Waals surface area contributed by atoms with E-state index in [2.05, 4.69) is 6.92 Å². The average molecular weight is 293 g/mol. The Morgan fingerprint density at radius 2 is 1.35 bits per heavy atom. The Hall–Kier alpha value is -0.697. The van der Waals surface area contributed by atoms with Crippen molar-refractivity contribution in [3.63, 3.8) is 0 Å². The zero-order valence-electron chi connectivity index (χ0n) is 10.4. The van der Waals surface area contributed by atoms with Gasteiger partial charge in [0.05, 0.1) is 11.9 Å². The summed E-state index contributed by atoms with van der Waals surface area (Å²) in [5, 5.41) is 20.3. The fourth-order valence-corrected chi connectivity index (χ4v) is 1.83. The molecule has 0 aromatic carbocycles. The van der Waals surface area contributed by atoms with Crippen LogP contribution in [0.1, 0.15) is 45.4 Å². The summed E-state index contributed by atoms with van der Waals surface area (Å²) in [5.41, 5.74) is 0. The second kappa shape index (κ2) is 15.3. The average Bonchev–Trinajstić information content (AvgIpc) is 2.27. The zero-order valence-corrected chi connectivity index (χ0v) is 13.4. The number of carbonyl (C=O) groups excluding carboxylic acids is 2. The molecule has 0 aliphatic rings. The third kappa shape index (κ3) is 25.5. The van der Waals surface area contributed by atoms with Crippen molar-refractivity contribution in [1.82, 2.24) is 0 Å². The number of carbonyl (C=O) groups is 2. The van der Waals surface area contributed by atoms with Crippen molar-refractivity contribution in [2.45, 2.75) is 50.5 Å². The Bertz CT molecular complexity index is 205. The summed E-state index contributed by atoms with van der Waals surface area (Å²) in [6.07, 6.45) is 9.51. The van der Waals surface area contributed by atoms with Crippen LogP contribution < -0.4 is 10.2 Å². The van der Waals surface area contributed by atoms with Crippen LogP contribution >= 0.6 is 0 Å². The van der Waals surface area contributed by atoms with Gasteiger partial charge in [0.25, 0.3) is 0 Å². The molecule has 17 heavy (non-hydrogen) atoms. The Morgan fingerprint density at radius 1 is 0.941 bits per heavy atom. The van der Waals surface area contributed by atoms with Crippen LogP contribution in [0.25, 0.3) is 0 Å². The normalized spacial score (nSPS) is 9.82. The van der Waals surface area contributed by atoms with Crippen molar-refractivity contribution in [3.05, 3.63) is 12.2 Å². The van der Waals surface area contributed by atoms with Crippen LogP contribution in [0.15, 0.2) is 12.2 Å². The topological polar surface area (TPSA) is 80.3 Å². The summed E-state index contributed by atoms with van der Waals surface area (Å²) >= 11 is 1.49. The minimum atomic E-state index is -1.55.